The van der Waals surface area contributed by atoms with E-state index in [-0.39, 0.29) is 12.0 Å². The van der Waals surface area contributed by atoms with Crippen molar-refractivity contribution in [2.75, 3.05) is 19.7 Å². The van der Waals surface area contributed by atoms with Crippen molar-refractivity contribution in [3.8, 4) is 0 Å². The number of benzene rings is 1. The maximum absolute atomic E-state index is 13.0. The summed E-state index contributed by atoms with van der Waals surface area (Å²) in [4.78, 5) is 23.8. The van der Waals surface area contributed by atoms with Crippen LogP contribution in [0.5, 0.6) is 0 Å². The second-order valence-electron chi connectivity index (χ2n) is 7.28. The van der Waals surface area contributed by atoms with Crippen molar-refractivity contribution in [1.82, 2.24) is 14.9 Å². The number of hydrogen-bond acceptors (Lipinski definition) is 4. The van der Waals surface area contributed by atoms with Gasteiger partial charge >= 0.3 is 0 Å². The van der Waals surface area contributed by atoms with Crippen molar-refractivity contribution < 1.29 is 9.53 Å². The third-order valence-electron chi connectivity index (χ3n) is 5.26. The van der Waals surface area contributed by atoms with Crippen LogP contribution in [0.2, 0.25) is 0 Å². The Labute approximate surface area is 154 Å². The molecule has 1 atom stereocenters. The van der Waals surface area contributed by atoms with Gasteiger partial charge in [-0.1, -0.05) is 6.07 Å². The topological polar surface area (TPSA) is 55.3 Å². The molecule has 1 aromatic heterocycles. The zero-order valence-electron chi connectivity index (χ0n) is 15.5. The fourth-order valence-electron chi connectivity index (χ4n) is 3.97. The van der Waals surface area contributed by atoms with Gasteiger partial charge in [-0.05, 0) is 68.9 Å². The maximum atomic E-state index is 13.0. The fourth-order valence-corrected chi connectivity index (χ4v) is 3.97. The molecule has 2 aromatic rings. The van der Waals surface area contributed by atoms with Crippen molar-refractivity contribution >= 4 is 5.91 Å². The van der Waals surface area contributed by atoms with Crippen LogP contribution in [0.4, 0.5) is 0 Å². The predicted octanol–water partition coefficient (Wildman–Crippen LogP) is 3.19. The standard InChI is InChI=1S/C21H25N3O2/c1-14-11-19(23-15(2)22-14)20-13-24(9-10-26-20)21(25)18-8-7-16-5-3-4-6-17(16)12-18/h7-8,11-12,20H,3-6,9-10,13H2,1-2H3. The Morgan fingerprint density at radius 3 is 2.73 bits per heavy atom. The highest BCUT2D eigenvalue weighted by molar-refractivity contribution is 5.94. The van der Waals surface area contributed by atoms with Crippen molar-refractivity contribution in [2.45, 2.75) is 45.6 Å². The smallest absolute Gasteiger partial charge is 0.254 e. The Hall–Kier alpha value is -2.27. The zero-order valence-corrected chi connectivity index (χ0v) is 15.5. The lowest BCUT2D eigenvalue weighted by atomic mass is 9.90. The number of aryl methyl sites for hydroxylation is 4. The molecule has 1 aromatic carbocycles. The Kier molecular flexibility index (Phi) is 4.72. The van der Waals surface area contributed by atoms with Crippen LogP contribution in [0.3, 0.4) is 0 Å². The van der Waals surface area contributed by atoms with E-state index >= 15 is 0 Å². The Morgan fingerprint density at radius 2 is 1.92 bits per heavy atom. The van der Waals surface area contributed by atoms with Gasteiger partial charge in [0.25, 0.3) is 5.91 Å². The van der Waals surface area contributed by atoms with E-state index in [1.165, 1.54) is 24.0 Å². The van der Waals surface area contributed by atoms with Gasteiger partial charge in [0.05, 0.1) is 18.8 Å². The van der Waals surface area contributed by atoms with E-state index in [1.54, 1.807) is 0 Å². The van der Waals surface area contributed by atoms with E-state index in [0.717, 1.165) is 35.6 Å². The highest BCUT2D eigenvalue weighted by atomic mass is 16.5. The average molecular weight is 351 g/mol. The molecule has 4 rings (SSSR count). The second-order valence-corrected chi connectivity index (χ2v) is 7.28. The van der Waals surface area contributed by atoms with Crippen LogP contribution >= 0.6 is 0 Å². The lowest BCUT2D eigenvalue weighted by molar-refractivity contribution is -0.0248. The van der Waals surface area contributed by atoms with Crippen LogP contribution in [0, 0.1) is 13.8 Å². The monoisotopic (exact) mass is 351 g/mol. The lowest BCUT2D eigenvalue weighted by Gasteiger charge is -2.33. The van der Waals surface area contributed by atoms with Gasteiger partial charge in [-0.15, -0.1) is 0 Å². The molecule has 5 nitrogen and oxygen atoms in total. The van der Waals surface area contributed by atoms with Gasteiger partial charge in [-0.2, -0.15) is 0 Å². The largest absolute Gasteiger partial charge is 0.368 e. The summed E-state index contributed by atoms with van der Waals surface area (Å²) in [5, 5.41) is 0. The molecule has 1 amide bonds. The number of ether oxygens (including phenoxy) is 1. The maximum Gasteiger partial charge on any atom is 0.254 e. The number of nitrogens with zero attached hydrogens (tertiary/aromatic N) is 3. The molecule has 1 unspecified atom stereocenters. The number of rotatable bonds is 2. The zero-order chi connectivity index (χ0) is 18.1. The van der Waals surface area contributed by atoms with Crippen LogP contribution in [0.1, 0.15) is 57.6 Å². The molecule has 0 spiro atoms. The summed E-state index contributed by atoms with van der Waals surface area (Å²) in [5.74, 6) is 0.830. The summed E-state index contributed by atoms with van der Waals surface area (Å²) in [5.41, 5.74) is 5.32. The number of aromatic nitrogens is 2. The summed E-state index contributed by atoms with van der Waals surface area (Å²) in [6.45, 7) is 5.52. The van der Waals surface area contributed by atoms with Crippen LogP contribution in [0.15, 0.2) is 24.3 Å². The van der Waals surface area contributed by atoms with Gasteiger partial charge in [0, 0.05) is 17.8 Å². The third-order valence-corrected chi connectivity index (χ3v) is 5.26. The molecule has 0 saturated carbocycles. The minimum Gasteiger partial charge on any atom is -0.368 e. The van der Waals surface area contributed by atoms with Crippen LogP contribution in [0.25, 0.3) is 0 Å². The first kappa shape index (κ1) is 17.2. The highest BCUT2D eigenvalue weighted by Crippen LogP contribution is 2.25. The first-order valence-corrected chi connectivity index (χ1v) is 9.45. The van der Waals surface area contributed by atoms with Crippen molar-refractivity contribution in [3.05, 3.63) is 58.2 Å². The van der Waals surface area contributed by atoms with E-state index in [4.69, 9.17) is 4.74 Å². The molecule has 0 radical (unpaired) electrons. The quantitative estimate of drug-likeness (QED) is 0.834. The molecule has 1 fully saturated rings. The number of amides is 1. The van der Waals surface area contributed by atoms with Crippen molar-refractivity contribution in [3.63, 3.8) is 0 Å². The highest BCUT2D eigenvalue weighted by Gasteiger charge is 2.27. The predicted molar refractivity (Wildman–Crippen MR) is 99.2 cm³/mol. The summed E-state index contributed by atoms with van der Waals surface area (Å²) in [6.07, 6.45) is 4.50. The lowest BCUT2D eigenvalue weighted by Crippen LogP contribution is -2.42. The molecule has 2 heterocycles. The molecule has 136 valence electrons. The molecule has 0 N–H and O–H groups in total. The number of hydrogen-bond donors (Lipinski definition) is 0. The molecule has 1 aliphatic heterocycles. The molecule has 2 aliphatic rings. The Balaban J connectivity index is 1.53. The molecule has 5 heteroatoms. The summed E-state index contributed by atoms with van der Waals surface area (Å²) in [6, 6.07) is 8.16. The summed E-state index contributed by atoms with van der Waals surface area (Å²) >= 11 is 0. The number of carbonyl (C=O) groups is 1. The molecule has 0 bridgehead atoms. The summed E-state index contributed by atoms with van der Waals surface area (Å²) < 4.78 is 5.90. The SMILES string of the molecule is Cc1cc(C2CN(C(=O)c3ccc4c(c3)CCCC4)CCO2)nc(C)n1. The van der Waals surface area contributed by atoms with Crippen LogP contribution in [-0.2, 0) is 17.6 Å². The van der Waals surface area contributed by atoms with E-state index in [2.05, 4.69) is 22.1 Å². The van der Waals surface area contributed by atoms with Gasteiger partial charge in [0.2, 0.25) is 0 Å². The van der Waals surface area contributed by atoms with Gasteiger partial charge in [-0.3, -0.25) is 4.79 Å². The van der Waals surface area contributed by atoms with Crippen LogP contribution < -0.4 is 0 Å². The second kappa shape index (κ2) is 7.16. The van der Waals surface area contributed by atoms with E-state index in [1.807, 2.05) is 30.9 Å². The van der Waals surface area contributed by atoms with Gasteiger partial charge in [-0.25, -0.2) is 9.97 Å². The molecule has 1 aliphatic carbocycles. The minimum absolute atomic E-state index is 0.0918. The minimum atomic E-state index is -0.189. The Bertz CT molecular complexity index is 814. The molecule has 26 heavy (non-hydrogen) atoms. The third kappa shape index (κ3) is 3.49. The Morgan fingerprint density at radius 1 is 1.12 bits per heavy atom. The fraction of sp³-hybridized carbons (Fsp3) is 0.476. The first-order valence-electron chi connectivity index (χ1n) is 9.45. The first-order chi connectivity index (χ1) is 12.6. The summed E-state index contributed by atoms with van der Waals surface area (Å²) in [7, 11) is 0. The molecular weight excluding hydrogens is 326 g/mol. The average Bonchev–Trinajstić information content (AvgIpc) is 2.66. The number of carbonyl (C=O) groups excluding carboxylic acids is 1. The van der Waals surface area contributed by atoms with E-state index < -0.39 is 0 Å². The van der Waals surface area contributed by atoms with Gasteiger partial charge in [0.1, 0.15) is 11.9 Å². The molecule has 1 saturated heterocycles. The van der Waals surface area contributed by atoms with E-state index in [0.29, 0.717) is 19.7 Å². The molecular formula is C21H25N3O2. The normalized spacial score (nSPS) is 19.9. The van der Waals surface area contributed by atoms with Gasteiger partial charge in [0.15, 0.2) is 0 Å². The number of morpholine rings is 1. The van der Waals surface area contributed by atoms with Crippen molar-refractivity contribution in [2.24, 2.45) is 0 Å². The van der Waals surface area contributed by atoms with Gasteiger partial charge < -0.3 is 9.64 Å². The van der Waals surface area contributed by atoms with E-state index in [9.17, 15) is 4.79 Å². The van der Waals surface area contributed by atoms with Crippen molar-refractivity contribution in [1.29, 1.82) is 0 Å². The van der Waals surface area contributed by atoms with Crippen LogP contribution in [-0.4, -0.2) is 40.5 Å². The number of fused-ring (bicyclic) bond motifs is 1.